The zero-order valence-electron chi connectivity index (χ0n) is 14.3. The first-order valence-electron chi connectivity index (χ1n) is 9.16. The Labute approximate surface area is 138 Å². The van der Waals surface area contributed by atoms with E-state index in [0.29, 0.717) is 0 Å². The molecule has 2 aliphatic carbocycles. The lowest BCUT2D eigenvalue weighted by atomic mass is 9.81. The molecule has 1 saturated heterocycles. The fourth-order valence-electron chi connectivity index (χ4n) is 4.62. The quantitative estimate of drug-likeness (QED) is 0.750. The lowest BCUT2D eigenvalue weighted by Gasteiger charge is -2.34. The summed E-state index contributed by atoms with van der Waals surface area (Å²) in [5, 5.41) is 0. The van der Waals surface area contributed by atoms with Crippen LogP contribution >= 0.6 is 0 Å². The zero-order valence-corrected chi connectivity index (χ0v) is 14.3. The number of hydrogen-bond acceptors (Lipinski definition) is 3. The Morgan fingerprint density at radius 1 is 0.957 bits per heavy atom. The third-order valence-electron chi connectivity index (χ3n) is 6.09. The first kappa shape index (κ1) is 16.5. The minimum absolute atomic E-state index is 0.0859. The van der Waals surface area contributed by atoms with Gasteiger partial charge in [-0.05, 0) is 32.6 Å². The van der Waals surface area contributed by atoms with Gasteiger partial charge in [-0.25, -0.2) is 0 Å². The Bertz CT molecular complexity index is 474. The van der Waals surface area contributed by atoms with Crippen molar-refractivity contribution in [2.45, 2.75) is 76.8 Å². The highest BCUT2D eigenvalue weighted by atomic mass is 16.2. The van der Waals surface area contributed by atoms with Crippen molar-refractivity contribution in [1.29, 1.82) is 0 Å². The number of fused-ring (bicyclic) bond motifs is 1. The highest BCUT2D eigenvalue weighted by Crippen LogP contribution is 2.39. The molecule has 0 spiro atoms. The second kappa shape index (κ2) is 6.62. The minimum atomic E-state index is -0.660. The summed E-state index contributed by atoms with van der Waals surface area (Å²) in [6.45, 7) is 1.72. The summed E-state index contributed by atoms with van der Waals surface area (Å²) in [6, 6.07) is -0.402. The number of rotatable bonds is 3. The number of hydrogen-bond donors (Lipinski definition) is 0. The van der Waals surface area contributed by atoms with Crippen LogP contribution in [0.25, 0.3) is 0 Å². The molecule has 0 unspecified atom stereocenters. The zero-order chi connectivity index (χ0) is 16.6. The summed E-state index contributed by atoms with van der Waals surface area (Å²) in [4.78, 5) is 41.1. The van der Waals surface area contributed by atoms with E-state index in [2.05, 4.69) is 0 Å². The van der Waals surface area contributed by atoms with Crippen LogP contribution in [-0.2, 0) is 14.4 Å². The fraction of sp³-hybridized carbons (Fsp3) is 0.833. The molecule has 0 N–H and O–H groups in total. The van der Waals surface area contributed by atoms with Gasteiger partial charge in [0.25, 0.3) is 0 Å². The molecule has 3 aliphatic rings. The Kier molecular flexibility index (Phi) is 4.74. The van der Waals surface area contributed by atoms with Crippen LogP contribution in [0.15, 0.2) is 0 Å². The Morgan fingerprint density at radius 3 is 1.96 bits per heavy atom. The maximum absolute atomic E-state index is 12.8. The van der Waals surface area contributed by atoms with E-state index in [9.17, 15) is 14.4 Å². The molecule has 3 amide bonds. The molecule has 1 aliphatic heterocycles. The van der Waals surface area contributed by atoms with Gasteiger partial charge in [-0.3, -0.25) is 19.3 Å². The predicted molar refractivity (Wildman–Crippen MR) is 86.4 cm³/mol. The van der Waals surface area contributed by atoms with Gasteiger partial charge in [-0.2, -0.15) is 0 Å². The number of carbonyl (C=O) groups excluding carboxylic acids is 3. The second-order valence-electron chi connectivity index (χ2n) is 7.46. The van der Waals surface area contributed by atoms with Crippen LogP contribution < -0.4 is 0 Å². The Hall–Kier alpha value is -1.39. The van der Waals surface area contributed by atoms with Crippen LogP contribution in [0, 0.1) is 11.8 Å². The predicted octanol–water partition coefficient (Wildman–Crippen LogP) is 2.34. The first-order valence-corrected chi connectivity index (χ1v) is 9.16. The van der Waals surface area contributed by atoms with Crippen molar-refractivity contribution in [2.24, 2.45) is 11.8 Å². The molecule has 128 valence electrons. The van der Waals surface area contributed by atoms with Crippen LogP contribution in [-0.4, -0.2) is 46.7 Å². The lowest BCUT2D eigenvalue weighted by molar-refractivity contribution is -0.151. The molecule has 0 bridgehead atoms. The maximum Gasteiger partial charge on any atom is 0.245 e. The second-order valence-corrected chi connectivity index (χ2v) is 7.46. The van der Waals surface area contributed by atoms with Gasteiger partial charge in [0.15, 0.2) is 0 Å². The van der Waals surface area contributed by atoms with Crippen molar-refractivity contribution in [3.8, 4) is 0 Å². The van der Waals surface area contributed by atoms with Gasteiger partial charge in [-0.15, -0.1) is 0 Å². The van der Waals surface area contributed by atoms with E-state index < -0.39 is 6.04 Å². The van der Waals surface area contributed by atoms with Gasteiger partial charge in [0, 0.05) is 13.1 Å². The van der Waals surface area contributed by atoms with Crippen molar-refractivity contribution < 1.29 is 14.4 Å². The normalized spacial score (nSPS) is 30.3. The number of nitrogens with zero attached hydrogens (tertiary/aromatic N) is 2. The number of imide groups is 1. The summed E-state index contributed by atoms with van der Waals surface area (Å²) < 4.78 is 0. The molecule has 0 radical (unpaired) electrons. The summed E-state index contributed by atoms with van der Waals surface area (Å²) in [7, 11) is 1.83. The number of carbonyl (C=O) groups is 3. The molecule has 23 heavy (non-hydrogen) atoms. The highest BCUT2D eigenvalue weighted by molar-refractivity contribution is 6.08. The minimum Gasteiger partial charge on any atom is -0.341 e. The van der Waals surface area contributed by atoms with E-state index in [1.54, 1.807) is 11.8 Å². The Morgan fingerprint density at radius 2 is 1.43 bits per heavy atom. The third kappa shape index (κ3) is 2.90. The van der Waals surface area contributed by atoms with E-state index in [4.69, 9.17) is 0 Å². The number of likely N-dealkylation sites (tertiary alicyclic amines) is 1. The third-order valence-corrected chi connectivity index (χ3v) is 6.09. The van der Waals surface area contributed by atoms with E-state index >= 15 is 0 Å². The van der Waals surface area contributed by atoms with Crippen LogP contribution in [0.5, 0.6) is 0 Å². The average molecular weight is 320 g/mol. The molecule has 0 aromatic carbocycles. The van der Waals surface area contributed by atoms with Crippen molar-refractivity contribution in [3.05, 3.63) is 0 Å². The van der Waals surface area contributed by atoms with Gasteiger partial charge in [-0.1, -0.05) is 32.1 Å². The van der Waals surface area contributed by atoms with Crippen LogP contribution in [0.4, 0.5) is 0 Å². The van der Waals surface area contributed by atoms with Gasteiger partial charge < -0.3 is 4.90 Å². The summed E-state index contributed by atoms with van der Waals surface area (Å²) >= 11 is 0. The molecule has 3 fully saturated rings. The summed E-state index contributed by atoms with van der Waals surface area (Å²) in [5.41, 5.74) is 0. The summed E-state index contributed by atoms with van der Waals surface area (Å²) in [6.07, 6.45) is 9.22. The Balaban J connectivity index is 1.71. The van der Waals surface area contributed by atoms with Gasteiger partial charge in [0.2, 0.25) is 17.7 Å². The first-order chi connectivity index (χ1) is 11.0. The summed E-state index contributed by atoms with van der Waals surface area (Å²) in [5.74, 6) is -0.662. The molecule has 2 saturated carbocycles. The molecule has 3 atom stereocenters. The van der Waals surface area contributed by atoms with E-state index in [1.807, 2.05) is 7.05 Å². The van der Waals surface area contributed by atoms with E-state index in [0.717, 1.165) is 51.4 Å². The molecule has 0 aromatic heterocycles. The lowest BCUT2D eigenvalue weighted by Crippen LogP contribution is -2.51. The number of likely N-dealkylation sites (N-methyl/N-ethyl adjacent to an activating group) is 1. The maximum atomic E-state index is 12.8. The van der Waals surface area contributed by atoms with Crippen molar-refractivity contribution in [1.82, 2.24) is 9.80 Å². The van der Waals surface area contributed by atoms with Crippen LogP contribution in [0.1, 0.15) is 64.7 Å². The van der Waals surface area contributed by atoms with E-state index in [-0.39, 0.29) is 35.6 Å². The average Bonchev–Trinajstić information content (AvgIpc) is 2.85. The molecular weight excluding hydrogens is 292 g/mol. The fourth-order valence-corrected chi connectivity index (χ4v) is 4.62. The molecule has 1 heterocycles. The topological polar surface area (TPSA) is 57.7 Å². The highest BCUT2D eigenvalue weighted by Gasteiger charge is 2.51. The molecule has 5 heteroatoms. The molecule has 5 nitrogen and oxygen atoms in total. The largest absolute Gasteiger partial charge is 0.341 e. The van der Waals surface area contributed by atoms with Gasteiger partial charge in [0.05, 0.1) is 11.8 Å². The van der Waals surface area contributed by atoms with E-state index in [1.165, 1.54) is 11.3 Å². The molecule has 3 rings (SSSR count). The monoisotopic (exact) mass is 320 g/mol. The van der Waals surface area contributed by atoms with Crippen LogP contribution in [0.2, 0.25) is 0 Å². The SMILES string of the molecule is C[C@@H](C(=O)N(C)C1CCCCC1)N1C(=O)[C@H]2CCCC[C@@H]2C1=O. The van der Waals surface area contributed by atoms with Crippen molar-refractivity contribution in [2.75, 3.05) is 7.05 Å². The van der Waals surface area contributed by atoms with Gasteiger partial charge in [0.1, 0.15) is 6.04 Å². The molecular formula is C18H28N2O3. The van der Waals surface area contributed by atoms with Crippen molar-refractivity contribution >= 4 is 17.7 Å². The molecule has 0 aromatic rings. The standard InChI is InChI=1S/C18H28N2O3/c1-12(16(21)19(2)13-8-4-3-5-9-13)20-17(22)14-10-6-7-11-15(14)18(20)23/h12-15H,3-11H2,1-2H3/t12-,14-,15-/m0/s1. The van der Waals surface area contributed by atoms with Crippen molar-refractivity contribution in [3.63, 3.8) is 0 Å². The smallest absolute Gasteiger partial charge is 0.245 e. The number of amides is 3. The van der Waals surface area contributed by atoms with Gasteiger partial charge >= 0.3 is 0 Å². The van der Waals surface area contributed by atoms with Crippen LogP contribution in [0.3, 0.4) is 0 Å².